The van der Waals surface area contributed by atoms with Crippen molar-refractivity contribution in [3.8, 4) is 11.5 Å². The molecule has 1 aliphatic heterocycles. The number of rotatable bonds is 7. The van der Waals surface area contributed by atoms with E-state index in [2.05, 4.69) is 109 Å². The molecule has 7 unspecified atom stereocenters. The van der Waals surface area contributed by atoms with Crippen LogP contribution in [0.3, 0.4) is 0 Å². The van der Waals surface area contributed by atoms with Gasteiger partial charge in [-0.3, -0.25) is 4.90 Å². The van der Waals surface area contributed by atoms with Crippen molar-refractivity contribution in [3.63, 3.8) is 0 Å². The van der Waals surface area contributed by atoms with Gasteiger partial charge in [0.25, 0.3) is 0 Å². The van der Waals surface area contributed by atoms with Crippen molar-refractivity contribution in [2.24, 2.45) is 11.8 Å². The fourth-order valence-corrected chi connectivity index (χ4v) is 18.6. The molecule has 65 heavy (non-hydrogen) atoms. The molecule has 1 saturated carbocycles. The fourth-order valence-electron chi connectivity index (χ4n) is 18.6. The summed E-state index contributed by atoms with van der Waals surface area (Å²) in [5.74, 6) is 4.53. The Morgan fingerprint density at radius 1 is 0.631 bits per heavy atom. The number of hydrogen-bond acceptors (Lipinski definition) is 3. The molecule has 3 heteroatoms. The molecule has 1 saturated heterocycles. The predicted octanol–water partition coefficient (Wildman–Crippen LogP) is 13.0. The molecule has 11 aromatic rings. The van der Waals surface area contributed by atoms with Crippen LogP contribution < -0.4 is 14.7 Å². The maximum Gasteiger partial charge on any atom is 0.162 e. The SMILES string of the molecule is CN1CC2c3cc4c5c6c(cc7c8c9c%10c%11c%12c%13c%14c%15c(c%16c3c5c(c%10c86)c%16c%14%11)C2(CC%15C=C%13CC2CC(C7)C9C=%122)C1c1ccc(OCc2ccccc2)c(OCc2ccccc2)c1)C4. The predicted molar refractivity (Wildman–Crippen MR) is 261 cm³/mol. The van der Waals surface area contributed by atoms with Gasteiger partial charge in [0.2, 0.25) is 0 Å². The van der Waals surface area contributed by atoms with Crippen molar-refractivity contribution in [1.29, 1.82) is 0 Å². The van der Waals surface area contributed by atoms with Gasteiger partial charge in [-0.1, -0.05) is 90.5 Å². The first-order chi connectivity index (χ1) is 32.1. The number of allylic oxidation sites excluding steroid dienone is 2. The first-order valence-corrected chi connectivity index (χ1v) is 24.7. The molecular weight excluding hydrogens is 791 g/mol. The topological polar surface area (TPSA) is 21.7 Å². The normalized spacial score (nSPS) is 27.6. The van der Waals surface area contributed by atoms with Gasteiger partial charge in [0.15, 0.2) is 11.5 Å². The van der Waals surface area contributed by atoms with E-state index in [1.54, 1.807) is 131 Å². The molecule has 0 N–H and O–H groups in total. The van der Waals surface area contributed by atoms with Gasteiger partial charge in [0, 0.05) is 35.8 Å². The third-order valence-corrected chi connectivity index (χ3v) is 20.0. The molecule has 1 spiro atoms. The highest BCUT2D eigenvalue weighted by molar-refractivity contribution is 6.56. The first kappa shape index (κ1) is 32.3. The summed E-state index contributed by atoms with van der Waals surface area (Å²) in [6.07, 6.45) is 9.02. The Bertz CT molecular complexity index is 4240. The van der Waals surface area contributed by atoms with Gasteiger partial charge >= 0.3 is 0 Å². The van der Waals surface area contributed by atoms with Crippen molar-refractivity contribution in [2.45, 2.75) is 74.5 Å². The number of likely N-dealkylation sites (tertiary alicyclic amines) is 1. The van der Waals surface area contributed by atoms with Gasteiger partial charge < -0.3 is 9.47 Å². The van der Waals surface area contributed by atoms with Crippen LogP contribution in [-0.4, -0.2) is 18.5 Å². The van der Waals surface area contributed by atoms with E-state index in [0.717, 1.165) is 41.5 Å². The van der Waals surface area contributed by atoms with E-state index in [-0.39, 0.29) is 11.5 Å². The van der Waals surface area contributed by atoms with Crippen molar-refractivity contribution >= 4 is 86.6 Å². The molecule has 8 aliphatic carbocycles. The van der Waals surface area contributed by atoms with Crippen LogP contribution in [0.15, 0.2) is 97.1 Å². The Labute approximate surface area is 374 Å². The Balaban J connectivity index is 0.914. The van der Waals surface area contributed by atoms with E-state index in [9.17, 15) is 0 Å². The van der Waals surface area contributed by atoms with Crippen LogP contribution in [0.1, 0.15) is 104 Å². The fraction of sp³-hybridized carbons (Fsp3) is 0.258. The van der Waals surface area contributed by atoms with Crippen LogP contribution >= 0.6 is 0 Å². The lowest BCUT2D eigenvalue weighted by Crippen LogP contribution is -2.37. The van der Waals surface area contributed by atoms with Crippen molar-refractivity contribution in [3.05, 3.63) is 163 Å². The zero-order valence-corrected chi connectivity index (χ0v) is 36.1. The lowest BCUT2D eigenvalue weighted by Gasteiger charge is -2.42. The van der Waals surface area contributed by atoms with Gasteiger partial charge in [-0.15, -0.1) is 0 Å². The van der Waals surface area contributed by atoms with Crippen molar-refractivity contribution in [1.82, 2.24) is 4.90 Å². The summed E-state index contributed by atoms with van der Waals surface area (Å²) in [7, 11) is 2.45. The van der Waals surface area contributed by atoms with Gasteiger partial charge in [0.1, 0.15) is 13.2 Å². The van der Waals surface area contributed by atoms with Crippen LogP contribution in [0.25, 0.3) is 86.6 Å². The van der Waals surface area contributed by atoms with Gasteiger partial charge in [-0.25, -0.2) is 0 Å². The molecule has 9 aliphatic rings. The minimum atomic E-state index is -0.0791. The molecule has 0 amide bonds. The highest BCUT2D eigenvalue weighted by atomic mass is 16.5. The smallest absolute Gasteiger partial charge is 0.162 e. The molecule has 11 aromatic carbocycles. The van der Waals surface area contributed by atoms with E-state index >= 15 is 0 Å². The monoisotopic (exact) mass is 831 g/mol. The zero-order valence-electron chi connectivity index (χ0n) is 36.1. The average molecular weight is 832 g/mol. The largest absolute Gasteiger partial charge is 0.485 e. The Morgan fingerprint density at radius 3 is 2.18 bits per heavy atom. The van der Waals surface area contributed by atoms with Crippen LogP contribution in [0.2, 0.25) is 0 Å². The molecule has 3 nitrogen and oxygen atoms in total. The van der Waals surface area contributed by atoms with E-state index in [1.807, 2.05) is 5.57 Å². The average Bonchev–Trinajstić information content (AvgIpc) is 4.19. The number of nitrogens with zero attached hydrogens (tertiary/aromatic N) is 1. The summed E-state index contributed by atoms with van der Waals surface area (Å²) in [6, 6.07) is 33.9. The molecule has 2 fully saturated rings. The van der Waals surface area contributed by atoms with E-state index in [4.69, 9.17) is 9.47 Å². The number of likely N-dealkylation sites (N-methyl/N-ethyl adjacent to an activating group) is 1. The van der Waals surface area contributed by atoms with Gasteiger partial charge in [-0.2, -0.15) is 0 Å². The van der Waals surface area contributed by atoms with E-state index in [0.29, 0.717) is 36.9 Å². The summed E-state index contributed by atoms with van der Waals surface area (Å²) in [5, 5.41) is 25.2. The van der Waals surface area contributed by atoms with Crippen LogP contribution in [0.5, 0.6) is 11.5 Å². The highest BCUT2D eigenvalue weighted by Gasteiger charge is 2.64. The molecule has 0 aromatic heterocycles. The Hall–Kier alpha value is -6.42. The Morgan fingerprint density at radius 2 is 1.35 bits per heavy atom. The summed E-state index contributed by atoms with van der Waals surface area (Å²) in [5.41, 5.74) is 20.7. The molecule has 0 bridgehead atoms. The molecule has 7 atom stereocenters. The highest BCUT2D eigenvalue weighted by Crippen LogP contribution is 2.76. The van der Waals surface area contributed by atoms with Crippen LogP contribution in [-0.2, 0) is 31.5 Å². The minimum Gasteiger partial charge on any atom is -0.485 e. The first-order valence-electron chi connectivity index (χ1n) is 24.7. The standard InChI is InChI=1S/C62H41NO2/c1-63-23-37-36-20-34-18-31-16-32-15-29-14-30-17-33-19-35-22-62(37,61(63)28-12-13-38(64-24-26-8-4-2-5-9-26)39(21-28)65-25-27-10-6-3-7-11-27)60-46(35)51-45(33)50-41(30)40(29)48-44(32)49-42(31)43(34)52-47(36)59(60)58-56(51)54(50)53(48)55(49)57(52)58/h2-13,16,19-21,29-30,35,37,40,61H,14-15,17-18,22-25H2,1H3. The third kappa shape index (κ3) is 3.10. The Kier molecular flexibility index (Phi) is 4.91. The lowest BCUT2D eigenvalue weighted by molar-refractivity contribution is 0.234. The molecule has 306 valence electrons. The van der Waals surface area contributed by atoms with Gasteiger partial charge in [-0.05, 0) is 211 Å². The number of ether oxygens (including phenoxy) is 2. The maximum atomic E-state index is 6.88. The summed E-state index contributed by atoms with van der Waals surface area (Å²) >= 11 is 0. The second-order valence-corrected chi connectivity index (χ2v) is 22.4. The van der Waals surface area contributed by atoms with Crippen molar-refractivity contribution in [2.75, 3.05) is 13.6 Å². The second kappa shape index (κ2) is 9.88. The molecular formula is C62H41NO2. The number of benzene rings is 8. The maximum absolute atomic E-state index is 6.88. The van der Waals surface area contributed by atoms with Crippen molar-refractivity contribution < 1.29 is 9.47 Å². The summed E-state index contributed by atoms with van der Waals surface area (Å²) in [4.78, 5) is 2.77. The summed E-state index contributed by atoms with van der Waals surface area (Å²) in [6.45, 7) is 2.06. The quantitative estimate of drug-likeness (QED) is 0.149. The molecule has 0 radical (unpaired) electrons. The zero-order chi connectivity index (χ0) is 41.2. The summed E-state index contributed by atoms with van der Waals surface area (Å²) < 4.78 is 13.6. The van der Waals surface area contributed by atoms with E-state index < -0.39 is 0 Å². The third-order valence-electron chi connectivity index (χ3n) is 20.0. The second-order valence-electron chi connectivity index (χ2n) is 22.4. The molecule has 20 rings (SSSR count). The lowest BCUT2D eigenvalue weighted by atomic mass is 9.61. The minimum absolute atomic E-state index is 0.0791. The van der Waals surface area contributed by atoms with Crippen LogP contribution in [0.4, 0.5) is 0 Å². The van der Waals surface area contributed by atoms with Crippen LogP contribution in [0, 0.1) is 11.8 Å². The number of hydrogen-bond donors (Lipinski definition) is 0. The number of fused-ring (bicyclic) bond motifs is 1. The van der Waals surface area contributed by atoms with Gasteiger partial charge in [0.05, 0.1) is 0 Å². The molecule has 1 heterocycles. The van der Waals surface area contributed by atoms with E-state index in [1.165, 1.54) is 31.2 Å².